The monoisotopic (exact) mass is 414 g/mol. The Morgan fingerprint density at radius 1 is 0.656 bits per heavy atom. The van der Waals surface area contributed by atoms with Crippen LogP contribution in [0.1, 0.15) is 47.1 Å². The molecule has 5 rings (SSSR count). The third-order valence-corrected chi connectivity index (χ3v) is 6.77. The SMILES string of the molecule is Cc1ccc(-c2ccc(-c3ccc(C)cc3)c3c2C=C(CC(C)c2ccccc2)C3)cc1. The summed E-state index contributed by atoms with van der Waals surface area (Å²) in [6.07, 6.45) is 4.61. The summed E-state index contributed by atoms with van der Waals surface area (Å²) in [5, 5.41) is 0. The topological polar surface area (TPSA) is 0 Å². The molecule has 0 N–H and O–H groups in total. The number of allylic oxidation sites excluding steroid dienone is 1. The largest absolute Gasteiger partial charge is 0.0646 e. The van der Waals surface area contributed by atoms with E-state index >= 15 is 0 Å². The first-order chi connectivity index (χ1) is 15.6. The van der Waals surface area contributed by atoms with Gasteiger partial charge < -0.3 is 0 Å². The second-order valence-electron chi connectivity index (χ2n) is 9.28. The van der Waals surface area contributed by atoms with Crippen molar-refractivity contribution < 1.29 is 0 Å². The van der Waals surface area contributed by atoms with E-state index in [0.717, 1.165) is 12.8 Å². The molecule has 32 heavy (non-hydrogen) atoms. The van der Waals surface area contributed by atoms with E-state index in [4.69, 9.17) is 0 Å². The Bertz CT molecular complexity index is 1260. The van der Waals surface area contributed by atoms with E-state index in [9.17, 15) is 0 Å². The van der Waals surface area contributed by atoms with Crippen LogP contribution in [0, 0.1) is 13.8 Å². The minimum Gasteiger partial charge on any atom is -0.0646 e. The van der Waals surface area contributed by atoms with Crippen molar-refractivity contribution in [3.8, 4) is 22.3 Å². The van der Waals surface area contributed by atoms with Crippen LogP contribution in [-0.4, -0.2) is 0 Å². The fourth-order valence-corrected chi connectivity index (χ4v) is 4.91. The van der Waals surface area contributed by atoms with Gasteiger partial charge in [0.1, 0.15) is 0 Å². The first-order valence-electron chi connectivity index (χ1n) is 11.6. The van der Waals surface area contributed by atoms with Crippen molar-refractivity contribution in [3.05, 3.63) is 124 Å². The van der Waals surface area contributed by atoms with Crippen molar-refractivity contribution in [2.45, 2.75) is 39.5 Å². The van der Waals surface area contributed by atoms with Crippen LogP contribution in [0.4, 0.5) is 0 Å². The van der Waals surface area contributed by atoms with Gasteiger partial charge in [-0.3, -0.25) is 0 Å². The highest BCUT2D eigenvalue weighted by atomic mass is 14.3. The molecule has 0 aliphatic heterocycles. The minimum atomic E-state index is 0.516. The standard InChI is InChI=1S/C32H30/c1-22-9-13-27(14-10-22)29-17-18-30(28-15-11-23(2)12-16-28)32-21-25(20-31(29)32)19-24(3)26-7-5-4-6-8-26/h4-18,20,24H,19,21H2,1-3H3. The Morgan fingerprint density at radius 2 is 1.22 bits per heavy atom. The van der Waals surface area contributed by atoms with Crippen LogP contribution in [0.5, 0.6) is 0 Å². The Balaban J connectivity index is 1.56. The van der Waals surface area contributed by atoms with Crippen molar-refractivity contribution in [1.29, 1.82) is 0 Å². The third-order valence-electron chi connectivity index (χ3n) is 6.77. The summed E-state index contributed by atoms with van der Waals surface area (Å²) >= 11 is 0. The predicted octanol–water partition coefficient (Wildman–Crippen LogP) is 8.77. The molecule has 4 aromatic rings. The molecule has 0 heteroatoms. The molecule has 0 spiro atoms. The van der Waals surface area contributed by atoms with Crippen LogP contribution >= 0.6 is 0 Å². The number of benzene rings is 4. The van der Waals surface area contributed by atoms with Gasteiger partial charge in [-0.15, -0.1) is 0 Å². The summed E-state index contributed by atoms with van der Waals surface area (Å²) in [5.41, 5.74) is 13.8. The second kappa shape index (κ2) is 8.63. The van der Waals surface area contributed by atoms with Crippen molar-refractivity contribution >= 4 is 6.08 Å². The summed E-state index contributed by atoms with van der Waals surface area (Å²) in [6.45, 7) is 6.65. The van der Waals surface area contributed by atoms with E-state index in [1.807, 2.05) is 0 Å². The molecule has 0 saturated heterocycles. The van der Waals surface area contributed by atoms with Crippen LogP contribution < -0.4 is 0 Å². The first-order valence-corrected chi connectivity index (χ1v) is 11.6. The molecule has 0 radical (unpaired) electrons. The van der Waals surface area contributed by atoms with E-state index < -0.39 is 0 Å². The highest BCUT2D eigenvalue weighted by Crippen LogP contribution is 2.42. The first kappa shape index (κ1) is 20.5. The van der Waals surface area contributed by atoms with Crippen molar-refractivity contribution in [1.82, 2.24) is 0 Å². The Morgan fingerprint density at radius 3 is 1.84 bits per heavy atom. The van der Waals surface area contributed by atoms with E-state index in [2.05, 4.69) is 118 Å². The predicted molar refractivity (Wildman–Crippen MR) is 138 cm³/mol. The van der Waals surface area contributed by atoms with Crippen molar-refractivity contribution in [3.63, 3.8) is 0 Å². The Hall–Kier alpha value is -3.38. The number of hydrogen-bond acceptors (Lipinski definition) is 0. The van der Waals surface area contributed by atoms with Crippen LogP contribution in [0.15, 0.2) is 96.6 Å². The third kappa shape index (κ3) is 4.06. The fourth-order valence-electron chi connectivity index (χ4n) is 4.91. The molecule has 0 saturated carbocycles. The Kier molecular flexibility index (Phi) is 5.53. The van der Waals surface area contributed by atoms with Gasteiger partial charge in [0.15, 0.2) is 0 Å². The molecule has 1 atom stereocenters. The van der Waals surface area contributed by atoms with Gasteiger partial charge in [-0.1, -0.05) is 121 Å². The highest BCUT2D eigenvalue weighted by Gasteiger charge is 2.22. The minimum absolute atomic E-state index is 0.516. The van der Waals surface area contributed by atoms with E-state index in [-0.39, 0.29) is 0 Å². The number of aryl methyl sites for hydroxylation is 2. The van der Waals surface area contributed by atoms with Crippen molar-refractivity contribution in [2.75, 3.05) is 0 Å². The second-order valence-corrected chi connectivity index (χ2v) is 9.28. The zero-order chi connectivity index (χ0) is 22.1. The van der Waals surface area contributed by atoms with Gasteiger partial charge in [0.05, 0.1) is 0 Å². The van der Waals surface area contributed by atoms with E-state index in [1.165, 1.54) is 55.6 Å². The molecular weight excluding hydrogens is 384 g/mol. The van der Waals surface area contributed by atoms with Gasteiger partial charge in [-0.05, 0) is 71.6 Å². The molecule has 158 valence electrons. The molecule has 4 aromatic carbocycles. The van der Waals surface area contributed by atoms with Crippen LogP contribution in [0.25, 0.3) is 28.3 Å². The van der Waals surface area contributed by atoms with Gasteiger partial charge in [-0.2, -0.15) is 0 Å². The quantitative estimate of drug-likeness (QED) is 0.306. The average Bonchev–Trinajstić information content (AvgIpc) is 3.24. The lowest BCUT2D eigenvalue weighted by atomic mass is 9.89. The summed E-state index contributed by atoms with van der Waals surface area (Å²) < 4.78 is 0. The molecule has 0 nitrogen and oxygen atoms in total. The summed E-state index contributed by atoms with van der Waals surface area (Å²) in [7, 11) is 0. The Labute approximate surface area is 192 Å². The summed E-state index contributed by atoms with van der Waals surface area (Å²) in [4.78, 5) is 0. The fraction of sp³-hybridized carbons (Fsp3) is 0.188. The van der Waals surface area contributed by atoms with Gasteiger partial charge in [-0.25, -0.2) is 0 Å². The lowest BCUT2D eigenvalue weighted by Crippen LogP contribution is -1.97. The van der Waals surface area contributed by atoms with Gasteiger partial charge in [0, 0.05) is 0 Å². The highest BCUT2D eigenvalue weighted by molar-refractivity contribution is 5.87. The number of rotatable bonds is 5. The molecule has 1 unspecified atom stereocenters. The molecule has 0 aromatic heterocycles. The molecule has 1 aliphatic rings. The lowest BCUT2D eigenvalue weighted by Gasteiger charge is -2.15. The normalized spacial score (nSPS) is 13.5. The molecule has 0 fully saturated rings. The maximum Gasteiger partial charge on any atom is -0.00512 e. The number of hydrogen-bond donors (Lipinski definition) is 0. The number of fused-ring (bicyclic) bond motifs is 1. The molecular formula is C32H30. The van der Waals surface area contributed by atoms with Crippen LogP contribution in [0.2, 0.25) is 0 Å². The zero-order valence-corrected chi connectivity index (χ0v) is 19.2. The maximum atomic E-state index is 2.47. The molecule has 0 heterocycles. The van der Waals surface area contributed by atoms with Gasteiger partial charge in [0.25, 0.3) is 0 Å². The lowest BCUT2D eigenvalue weighted by molar-refractivity contribution is 0.744. The van der Waals surface area contributed by atoms with Gasteiger partial charge in [0.2, 0.25) is 0 Å². The van der Waals surface area contributed by atoms with Gasteiger partial charge >= 0.3 is 0 Å². The van der Waals surface area contributed by atoms with Crippen LogP contribution in [-0.2, 0) is 6.42 Å². The average molecular weight is 415 g/mol. The van der Waals surface area contributed by atoms with E-state index in [0.29, 0.717) is 5.92 Å². The summed E-state index contributed by atoms with van der Waals surface area (Å²) in [5.74, 6) is 0.516. The van der Waals surface area contributed by atoms with E-state index in [1.54, 1.807) is 0 Å². The molecule has 0 bridgehead atoms. The maximum absolute atomic E-state index is 2.47. The van der Waals surface area contributed by atoms with Crippen LogP contribution in [0.3, 0.4) is 0 Å². The molecule has 0 amide bonds. The molecule has 1 aliphatic carbocycles. The zero-order valence-electron chi connectivity index (χ0n) is 19.2. The van der Waals surface area contributed by atoms with Crippen molar-refractivity contribution in [2.24, 2.45) is 0 Å². The smallest absolute Gasteiger partial charge is 0.00512 e. The summed E-state index contributed by atoms with van der Waals surface area (Å²) in [6, 6.07) is 33.5.